The first-order chi connectivity index (χ1) is 13.5. The van der Waals surface area contributed by atoms with Crippen LogP contribution in [0, 0.1) is 0 Å². The van der Waals surface area contributed by atoms with E-state index in [0.29, 0.717) is 23.2 Å². The largest absolute Gasteiger partial charge is 0.416 e. The molecule has 0 bridgehead atoms. The molecule has 0 radical (unpaired) electrons. The first-order valence-corrected chi connectivity index (χ1v) is 9.97. The smallest absolute Gasteiger partial charge is 0.381 e. The highest BCUT2D eigenvalue weighted by Crippen LogP contribution is 2.33. The van der Waals surface area contributed by atoms with Gasteiger partial charge >= 0.3 is 6.18 Å². The molecule has 6 heteroatoms. The summed E-state index contributed by atoms with van der Waals surface area (Å²) in [5, 5.41) is 0. The molecule has 1 atom stereocenters. The number of likely N-dealkylation sites (tertiary alicyclic amines) is 1. The molecule has 4 rings (SSSR count). The Balaban J connectivity index is 1.53. The minimum atomic E-state index is -4.35. The van der Waals surface area contributed by atoms with Gasteiger partial charge in [0.1, 0.15) is 0 Å². The van der Waals surface area contributed by atoms with Crippen LogP contribution in [-0.4, -0.2) is 42.2 Å². The number of halogens is 3. The van der Waals surface area contributed by atoms with Crippen LogP contribution < -0.4 is 0 Å². The normalized spacial score (nSPS) is 22.3. The molecular weight excluding hydrogens is 365 g/mol. The molecule has 2 aliphatic rings. The van der Waals surface area contributed by atoms with Gasteiger partial charge in [0.2, 0.25) is 0 Å². The molecule has 2 aliphatic heterocycles. The lowest BCUT2D eigenvalue weighted by molar-refractivity contribution is -0.137. The summed E-state index contributed by atoms with van der Waals surface area (Å²) in [6, 6.07) is 11.7. The summed E-state index contributed by atoms with van der Waals surface area (Å²) in [5.74, 6) is 0.322. The maximum atomic E-state index is 13.0. The van der Waals surface area contributed by atoms with E-state index >= 15 is 0 Å². The first-order valence-electron chi connectivity index (χ1n) is 9.97. The molecule has 3 heterocycles. The number of nitrogens with zero attached hydrogens (tertiary/aromatic N) is 2. The second-order valence-corrected chi connectivity index (χ2v) is 7.70. The van der Waals surface area contributed by atoms with E-state index in [-0.39, 0.29) is 0 Å². The molecule has 0 aliphatic carbocycles. The Kier molecular flexibility index (Phi) is 5.69. The van der Waals surface area contributed by atoms with Crippen LogP contribution in [0.25, 0.3) is 11.3 Å². The summed E-state index contributed by atoms with van der Waals surface area (Å²) in [6.07, 6.45) is -0.00764. The van der Waals surface area contributed by atoms with E-state index in [4.69, 9.17) is 9.72 Å². The van der Waals surface area contributed by atoms with E-state index in [9.17, 15) is 13.2 Å². The maximum Gasteiger partial charge on any atom is 0.416 e. The SMILES string of the molecule is FC(F)(F)c1cccc(-c2cccc([C@H]3CCCN(C4CCOCC4)C3)n2)c1. The van der Waals surface area contributed by atoms with Crippen LogP contribution in [0.5, 0.6) is 0 Å². The molecular formula is C22H25F3N2O. The van der Waals surface area contributed by atoms with Gasteiger partial charge in [-0.05, 0) is 56.5 Å². The number of hydrogen-bond acceptors (Lipinski definition) is 3. The third kappa shape index (κ3) is 4.39. The van der Waals surface area contributed by atoms with E-state index in [2.05, 4.69) is 4.90 Å². The summed E-state index contributed by atoms with van der Waals surface area (Å²) < 4.78 is 44.6. The molecule has 2 aromatic rings. The van der Waals surface area contributed by atoms with E-state index in [1.54, 1.807) is 12.1 Å². The zero-order valence-corrected chi connectivity index (χ0v) is 15.8. The molecule has 0 amide bonds. The minimum Gasteiger partial charge on any atom is -0.381 e. The van der Waals surface area contributed by atoms with E-state index in [1.165, 1.54) is 12.1 Å². The van der Waals surface area contributed by atoms with Gasteiger partial charge in [0, 0.05) is 43.0 Å². The van der Waals surface area contributed by atoms with Crippen LogP contribution in [0.15, 0.2) is 42.5 Å². The Labute approximate surface area is 163 Å². The maximum absolute atomic E-state index is 13.0. The predicted molar refractivity (Wildman–Crippen MR) is 102 cm³/mol. The highest BCUT2D eigenvalue weighted by atomic mass is 19.4. The highest BCUT2D eigenvalue weighted by Gasteiger charge is 2.31. The van der Waals surface area contributed by atoms with Crippen molar-refractivity contribution >= 4 is 0 Å². The molecule has 1 aromatic heterocycles. The van der Waals surface area contributed by atoms with E-state index < -0.39 is 11.7 Å². The van der Waals surface area contributed by atoms with Crippen molar-refractivity contribution in [2.45, 2.75) is 43.8 Å². The lowest BCUT2D eigenvalue weighted by Gasteiger charge is -2.39. The van der Waals surface area contributed by atoms with Gasteiger partial charge in [0.15, 0.2) is 0 Å². The summed E-state index contributed by atoms with van der Waals surface area (Å²) in [4.78, 5) is 7.30. The fourth-order valence-electron chi connectivity index (χ4n) is 4.32. The summed E-state index contributed by atoms with van der Waals surface area (Å²) in [5.41, 5.74) is 1.45. The van der Waals surface area contributed by atoms with Gasteiger partial charge in [-0.3, -0.25) is 9.88 Å². The van der Waals surface area contributed by atoms with E-state index in [0.717, 1.165) is 63.7 Å². The van der Waals surface area contributed by atoms with Gasteiger partial charge in [0.05, 0.1) is 11.3 Å². The molecule has 0 N–H and O–H groups in total. The Morgan fingerprint density at radius 1 is 1.00 bits per heavy atom. The second kappa shape index (κ2) is 8.21. The van der Waals surface area contributed by atoms with Crippen LogP contribution in [0.3, 0.4) is 0 Å². The predicted octanol–water partition coefficient (Wildman–Crippen LogP) is 5.13. The van der Waals surface area contributed by atoms with Crippen molar-refractivity contribution in [1.29, 1.82) is 0 Å². The fourth-order valence-corrected chi connectivity index (χ4v) is 4.32. The Hall–Kier alpha value is -1.92. The standard InChI is InChI=1S/C22H25F3N2O/c23-22(24,25)18-6-1-4-16(14-18)20-7-2-8-21(26-20)17-5-3-11-27(15-17)19-9-12-28-13-10-19/h1-2,4,6-8,14,17,19H,3,5,9-13,15H2/t17-/m0/s1. The van der Waals surface area contributed by atoms with Gasteiger partial charge in [0.25, 0.3) is 0 Å². The van der Waals surface area contributed by atoms with Crippen molar-refractivity contribution in [3.05, 3.63) is 53.7 Å². The summed E-state index contributed by atoms with van der Waals surface area (Å²) in [7, 11) is 0. The third-order valence-corrected chi connectivity index (χ3v) is 5.83. The number of piperidine rings is 1. The van der Waals surface area contributed by atoms with Crippen molar-refractivity contribution < 1.29 is 17.9 Å². The Morgan fingerprint density at radius 2 is 1.79 bits per heavy atom. The van der Waals surface area contributed by atoms with Crippen LogP contribution in [0.4, 0.5) is 13.2 Å². The zero-order valence-electron chi connectivity index (χ0n) is 15.8. The number of ether oxygens (including phenoxy) is 1. The highest BCUT2D eigenvalue weighted by molar-refractivity contribution is 5.60. The van der Waals surface area contributed by atoms with Gasteiger partial charge in [-0.1, -0.05) is 18.2 Å². The average molecular weight is 390 g/mol. The Morgan fingerprint density at radius 3 is 2.57 bits per heavy atom. The fraction of sp³-hybridized carbons (Fsp3) is 0.500. The van der Waals surface area contributed by atoms with Crippen LogP contribution in [-0.2, 0) is 10.9 Å². The monoisotopic (exact) mass is 390 g/mol. The van der Waals surface area contributed by atoms with Crippen molar-refractivity contribution in [3.8, 4) is 11.3 Å². The second-order valence-electron chi connectivity index (χ2n) is 7.70. The van der Waals surface area contributed by atoms with Crippen LogP contribution in [0.2, 0.25) is 0 Å². The number of benzene rings is 1. The topological polar surface area (TPSA) is 25.4 Å². The average Bonchev–Trinajstić information content (AvgIpc) is 2.74. The molecule has 3 nitrogen and oxygen atoms in total. The number of alkyl halides is 3. The van der Waals surface area contributed by atoms with Crippen LogP contribution in [0.1, 0.15) is 42.9 Å². The Bertz CT molecular complexity index is 802. The van der Waals surface area contributed by atoms with Crippen molar-refractivity contribution in [1.82, 2.24) is 9.88 Å². The van der Waals surface area contributed by atoms with Gasteiger partial charge in [-0.25, -0.2) is 0 Å². The zero-order chi connectivity index (χ0) is 19.6. The first kappa shape index (κ1) is 19.4. The number of hydrogen-bond donors (Lipinski definition) is 0. The number of rotatable bonds is 3. The van der Waals surface area contributed by atoms with Crippen LogP contribution >= 0.6 is 0 Å². The third-order valence-electron chi connectivity index (χ3n) is 5.83. The minimum absolute atomic E-state index is 0.322. The van der Waals surface area contributed by atoms with Gasteiger partial charge < -0.3 is 4.74 Å². The number of pyridine rings is 1. The van der Waals surface area contributed by atoms with Crippen molar-refractivity contribution in [2.75, 3.05) is 26.3 Å². The molecule has 0 saturated carbocycles. The molecule has 150 valence electrons. The van der Waals surface area contributed by atoms with Gasteiger partial charge in [-0.2, -0.15) is 13.2 Å². The number of aromatic nitrogens is 1. The van der Waals surface area contributed by atoms with Crippen molar-refractivity contribution in [3.63, 3.8) is 0 Å². The summed E-state index contributed by atoms with van der Waals surface area (Å²) >= 11 is 0. The summed E-state index contributed by atoms with van der Waals surface area (Å²) in [6.45, 7) is 3.72. The van der Waals surface area contributed by atoms with Crippen molar-refractivity contribution in [2.24, 2.45) is 0 Å². The lowest BCUT2D eigenvalue weighted by Crippen LogP contribution is -2.44. The molecule has 28 heavy (non-hydrogen) atoms. The molecule has 2 fully saturated rings. The molecule has 2 saturated heterocycles. The quantitative estimate of drug-likeness (QED) is 0.727. The van der Waals surface area contributed by atoms with Gasteiger partial charge in [-0.15, -0.1) is 0 Å². The lowest BCUT2D eigenvalue weighted by atomic mass is 9.91. The molecule has 0 spiro atoms. The molecule has 0 unspecified atom stereocenters. The van der Waals surface area contributed by atoms with E-state index in [1.807, 2.05) is 12.1 Å². The molecule has 1 aromatic carbocycles.